The van der Waals surface area contributed by atoms with Crippen molar-refractivity contribution in [3.63, 3.8) is 0 Å². The number of phenolic OH excluding ortho intramolecular Hbond substituents is 8. The van der Waals surface area contributed by atoms with E-state index in [9.17, 15) is 54.4 Å². The second kappa shape index (κ2) is 8.20. The van der Waals surface area contributed by atoms with Gasteiger partial charge in [-0.3, -0.25) is 0 Å². The van der Waals surface area contributed by atoms with E-state index in [0.29, 0.717) is 0 Å². The number of hydrogen-bond acceptors (Lipinski definition) is 11. The van der Waals surface area contributed by atoms with Crippen molar-refractivity contribution >= 4 is 5.97 Å². The highest BCUT2D eigenvalue weighted by atomic mass is 19.1. The van der Waals surface area contributed by atoms with E-state index >= 15 is 0 Å². The third-order valence-corrected chi connectivity index (χ3v) is 5.35. The first kappa shape index (κ1) is 23.4. The summed E-state index contributed by atoms with van der Waals surface area (Å²) in [6.07, 6.45) is -3.33. The maximum Gasteiger partial charge on any atom is 0.344 e. The Kier molecular flexibility index (Phi) is 5.47. The van der Waals surface area contributed by atoms with Gasteiger partial charge in [0, 0.05) is 29.7 Å². The van der Waals surface area contributed by atoms with Gasteiger partial charge in [-0.05, 0) is 12.1 Å². The van der Waals surface area contributed by atoms with Crippen LogP contribution in [0.15, 0.2) is 24.3 Å². The summed E-state index contributed by atoms with van der Waals surface area (Å²) < 4.78 is 39.6. The SMILES string of the molecule is O=C(OC1Cc2c(O)cc(O)cc2O[C@@H]1c1cc(O)c(O)c(O)c1)c1c(F)c(O)c(O)c(O)c1F. The maximum absolute atomic E-state index is 14.4. The Bertz CT molecular complexity index is 1320. The molecule has 0 saturated carbocycles. The van der Waals surface area contributed by atoms with E-state index < -0.39 is 81.4 Å². The van der Waals surface area contributed by atoms with Gasteiger partial charge in [0.2, 0.25) is 5.75 Å². The van der Waals surface area contributed by atoms with Crippen molar-refractivity contribution in [3.8, 4) is 51.7 Å². The highest BCUT2D eigenvalue weighted by Gasteiger charge is 2.39. The zero-order valence-electron chi connectivity index (χ0n) is 17.2. The molecule has 184 valence electrons. The van der Waals surface area contributed by atoms with Crippen molar-refractivity contribution in [2.75, 3.05) is 0 Å². The third kappa shape index (κ3) is 3.82. The van der Waals surface area contributed by atoms with E-state index in [0.717, 1.165) is 24.3 Å². The lowest BCUT2D eigenvalue weighted by Gasteiger charge is -2.34. The Balaban J connectivity index is 1.80. The number of halogens is 2. The number of carbonyl (C=O) groups excluding carboxylic acids is 1. The van der Waals surface area contributed by atoms with Crippen LogP contribution in [0.4, 0.5) is 8.78 Å². The fourth-order valence-corrected chi connectivity index (χ4v) is 3.65. The summed E-state index contributed by atoms with van der Waals surface area (Å²) in [5.41, 5.74) is -1.63. The van der Waals surface area contributed by atoms with Gasteiger partial charge in [0.25, 0.3) is 0 Å². The maximum atomic E-state index is 14.4. The molecule has 3 aromatic carbocycles. The van der Waals surface area contributed by atoms with E-state index in [1.165, 1.54) is 0 Å². The van der Waals surface area contributed by atoms with Gasteiger partial charge >= 0.3 is 5.97 Å². The van der Waals surface area contributed by atoms with Crippen LogP contribution in [0, 0.1) is 11.6 Å². The lowest BCUT2D eigenvalue weighted by Crippen LogP contribution is -2.35. The first-order valence-electron chi connectivity index (χ1n) is 9.69. The predicted octanol–water partition coefficient (Wildman–Crippen LogP) is 2.51. The van der Waals surface area contributed by atoms with Gasteiger partial charge in [-0.15, -0.1) is 0 Å². The molecule has 8 N–H and O–H groups in total. The van der Waals surface area contributed by atoms with E-state index in [1.807, 2.05) is 0 Å². The number of benzene rings is 3. The quantitative estimate of drug-likeness (QED) is 0.197. The molecule has 4 rings (SSSR count). The van der Waals surface area contributed by atoms with Crippen molar-refractivity contribution in [3.05, 3.63) is 52.6 Å². The molecule has 13 heteroatoms. The number of esters is 1. The zero-order valence-corrected chi connectivity index (χ0v) is 17.2. The average molecular weight is 494 g/mol. The molecule has 0 saturated heterocycles. The summed E-state index contributed by atoms with van der Waals surface area (Å²) in [5.74, 6) is -13.8. The highest BCUT2D eigenvalue weighted by molar-refractivity contribution is 5.92. The molecular formula is C22H16F2O11. The number of phenols is 8. The van der Waals surface area contributed by atoms with Gasteiger partial charge < -0.3 is 50.3 Å². The van der Waals surface area contributed by atoms with Crippen LogP contribution in [0.3, 0.4) is 0 Å². The van der Waals surface area contributed by atoms with Crippen LogP contribution in [0.5, 0.6) is 51.7 Å². The van der Waals surface area contributed by atoms with Crippen molar-refractivity contribution in [1.29, 1.82) is 0 Å². The molecule has 3 aromatic rings. The Morgan fingerprint density at radius 2 is 1.37 bits per heavy atom. The summed E-state index contributed by atoms with van der Waals surface area (Å²) in [6.45, 7) is 0. The first-order chi connectivity index (χ1) is 16.4. The standard InChI is InChI=1S/C22H16F2O11/c23-15-14(16(24)19(31)20(32)18(15)30)22(33)35-13-5-8-9(26)3-7(25)4-12(8)34-21(13)6-1-10(27)17(29)11(28)2-6/h1-4,13,21,25-32H,5H2/t13?,21-/m1/s1. The Morgan fingerprint density at radius 3 is 1.94 bits per heavy atom. The summed E-state index contributed by atoms with van der Waals surface area (Å²) in [6, 6.07) is 3.94. The lowest BCUT2D eigenvalue weighted by molar-refractivity contribution is -0.0197. The van der Waals surface area contributed by atoms with Gasteiger partial charge in [-0.1, -0.05) is 0 Å². The van der Waals surface area contributed by atoms with E-state index in [1.54, 1.807) is 0 Å². The van der Waals surface area contributed by atoms with Crippen LogP contribution in [-0.4, -0.2) is 52.9 Å². The Hall–Kier alpha value is -4.81. The normalized spacial score (nSPS) is 16.9. The van der Waals surface area contributed by atoms with Crippen LogP contribution in [0.2, 0.25) is 0 Å². The molecule has 0 aliphatic carbocycles. The smallest absolute Gasteiger partial charge is 0.344 e. The largest absolute Gasteiger partial charge is 0.508 e. The molecule has 2 atom stereocenters. The monoisotopic (exact) mass is 494 g/mol. The van der Waals surface area contributed by atoms with Crippen LogP contribution < -0.4 is 4.74 Å². The topological polar surface area (TPSA) is 197 Å². The minimum atomic E-state index is -1.93. The molecule has 1 unspecified atom stereocenters. The van der Waals surface area contributed by atoms with E-state index in [2.05, 4.69) is 0 Å². The summed E-state index contributed by atoms with van der Waals surface area (Å²) in [5, 5.41) is 77.7. The van der Waals surface area contributed by atoms with E-state index in [-0.39, 0.29) is 23.3 Å². The molecule has 0 spiro atoms. The summed E-state index contributed by atoms with van der Waals surface area (Å²) >= 11 is 0. The Morgan fingerprint density at radius 1 is 0.800 bits per heavy atom. The van der Waals surface area contributed by atoms with Crippen LogP contribution >= 0.6 is 0 Å². The molecule has 0 radical (unpaired) electrons. The number of carbonyl (C=O) groups is 1. The number of fused-ring (bicyclic) bond motifs is 1. The second-order valence-corrected chi connectivity index (χ2v) is 7.58. The van der Waals surface area contributed by atoms with Gasteiger partial charge in [0.1, 0.15) is 28.9 Å². The summed E-state index contributed by atoms with van der Waals surface area (Å²) in [7, 11) is 0. The number of rotatable bonds is 3. The molecular weight excluding hydrogens is 478 g/mol. The predicted molar refractivity (Wildman–Crippen MR) is 109 cm³/mol. The zero-order chi connectivity index (χ0) is 25.8. The lowest BCUT2D eigenvalue weighted by atomic mass is 9.93. The second-order valence-electron chi connectivity index (χ2n) is 7.58. The molecule has 0 bridgehead atoms. The molecule has 0 fully saturated rings. The minimum Gasteiger partial charge on any atom is -0.508 e. The van der Waals surface area contributed by atoms with Crippen LogP contribution in [-0.2, 0) is 11.2 Å². The fourth-order valence-electron chi connectivity index (χ4n) is 3.65. The third-order valence-electron chi connectivity index (χ3n) is 5.35. The molecule has 1 aliphatic rings. The number of aromatic hydroxyl groups is 8. The van der Waals surface area contributed by atoms with Crippen LogP contribution in [0.1, 0.15) is 27.6 Å². The molecule has 0 aromatic heterocycles. The summed E-state index contributed by atoms with van der Waals surface area (Å²) in [4.78, 5) is 12.7. The van der Waals surface area contributed by atoms with E-state index in [4.69, 9.17) is 9.47 Å². The van der Waals surface area contributed by atoms with Gasteiger partial charge in [0.15, 0.2) is 46.5 Å². The van der Waals surface area contributed by atoms with Crippen LogP contribution in [0.25, 0.3) is 0 Å². The van der Waals surface area contributed by atoms with Crippen molar-refractivity contribution in [2.24, 2.45) is 0 Å². The van der Waals surface area contributed by atoms with Gasteiger partial charge in [-0.2, -0.15) is 0 Å². The van der Waals surface area contributed by atoms with Crippen molar-refractivity contribution in [1.82, 2.24) is 0 Å². The van der Waals surface area contributed by atoms with Gasteiger partial charge in [-0.25, -0.2) is 13.6 Å². The fraction of sp³-hybridized carbons (Fsp3) is 0.136. The van der Waals surface area contributed by atoms with Crippen molar-refractivity contribution in [2.45, 2.75) is 18.6 Å². The minimum absolute atomic E-state index is 0.0152. The number of hydrogen-bond donors (Lipinski definition) is 8. The van der Waals surface area contributed by atoms with Crippen molar-refractivity contribution < 1.29 is 63.9 Å². The molecule has 1 heterocycles. The molecule has 1 aliphatic heterocycles. The molecule has 0 amide bonds. The molecule has 35 heavy (non-hydrogen) atoms. The highest BCUT2D eigenvalue weighted by Crippen LogP contribution is 2.46. The first-order valence-corrected chi connectivity index (χ1v) is 9.69. The average Bonchev–Trinajstić information content (AvgIpc) is 2.79. The Labute approximate surface area is 193 Å². The van der Waals surface area contributed by atoms with Gasteiger partial charge in [0.05, 0.1) is 0 Å². The number of ether oxygens (including phenoxy) is 2. The molecule has 11 nitrogen and oxygen atoms in total.